The van der Waals surface area contributed by atoms with Gasteiger partial charge < -0.3 is 14.8 Å². The third-order valence-electron chi connectivity index (χ3n) is 7.97. The fourth-order valence-corrected chi connectivity index (χ4v) is 6.86. The maximum absolute atomic E-state index is 11.5. The van der Waals surface area contributed by atoms with E-state index in [2.05, 4.69) is 33.8 Å². The zero-order chi connectivity index (χ0) is 18.3. The molecule has 1 saturated heterocycles. The number of imidazole rings is 1. The third-order valence-corrected chi connectivity index (χ3v) is 7.97. The smallest absolute Gasteiger partial charge is 0.409 e. The molecule has 2 saturated carbocycles. The number of piperidine rings is 1. The third kappa shape index (κ3) is 1.84. The van der Waals surface area contributed by atoms with Gasteiger partial charge in [-0.1, -0.05) is 24.3 Å². The highest BCUT2D eigenvalue weighted by molar-refractivity contribution is 5.69. The van der Waals surface area contributed by atoms with Crippen LogP contribution in [0, 0.1) is 23.2 Å². The van der Waals surface area contributed by atoms with Gasteiger partial charge in [-0.05, 0) is 48.5 Å². The number of aliphatic hydroxyl groups excluding tert-OH is 1. The lowest BCUT2D eigenvalue weighted by Gasteiger charge is -2.59. The highest BCUT2D eigenvalue weighted by atomic mass is 16.4. The molecule has 1 aromatic heterocycles. The van der Waals surface area contributed by atoms with Gasteiger partial charge in [0.05, 0.1) is 24.3 Å². The van der Waals surface area contributed by atoms with Gasteiger partial charge in [-0.3, -0.25) is 4.90 Å². The topological polar surface area (TPSA) is 78.6 Å². The monoisotopic (exact) mass is 365 g/mol. The van der Waals surface area contributed by atoms with E-state index in [1.54, 1.807) is 0 Å². The Balaban J connectivity index is 1.31. The van der Waals surface area contributed by atoms with Gasteiger partial charge in [0.15, 0.2) is 0 Å². The molecule has 27 heavy (non-hydrogen) atoms. The zero-order valence-electron chi connectivity index (χ0n) is 15.0. The molecule has 0 radical (unpaired) electrons. The largest absolute Gasteiger partial charge is 0.465 e. The van der Waals surface area contributed by atoms with Gasteiger partial charge in [0.1, 0.15) is 6.23 Å². The Morgan fingerprint density at radius 1 is 1.22 bits per heavy atom. The minimum Gasteiger partial charge on any atom is -0.465 e. The number of benzene rings is 1. The molecular formula is C21H23N3O3. The summed E-state index contributed by atoms with van der Waals surface area (Å²) in [6.07, 6.45) is 6.19. The van der Waals surface area contributed by atoms with Crippen LogP contribution in [0.25, 0.3) is 11.3 Å². The van der Waals surface area contributed by atoms with Crippen molar-refractivity contribution < 1.29 is 15.0 Å². The molecule has 3 fully saturated rings. The van der Waals surface area contributed by atoms with E-state index < -0.39 is 12.3 Å². The highest BCUT2D eigenvalue weighted by Crippen LogP contribution is 2.68. The van der Waals surface area contributed by atoms with Gasteiger partial charge in [-0.2, -0.15) is 0 Å². The van der Waals surface area contributed by atoms with E-state index >= 15 is 0 Å². The number of rotatable bonds is 1. The average molecular weight is 365 g/mol. The predicted octanol–water partition coefficient (Wildman–Crippen LogP) is 3.19. The van der Waals surface area contributed by atoms with E-state index in [9.17, 15) is 15.0 Å². The molecule has 2 aliphatic carbocycles. The molecule has 4 aliphatic rings. The van der Waals surface area contributed by atoms with Crippen LogP contribution in [-0.2, 0) is 0 Å². The molecular weight excluding hydrogens is 342 g/mol. The van der Waals surface area contributed by atoms with Crippen LogP contribution < -0.4 is 0 Å². The second-order valence-electron chi connectivity index (χ2n) is 8.85. The Morgan fingerprint density at radius 3 is 2.85 bits per heavy atom. The average Bonchev–Trinajstić information content (AvgIpc) is 3.27. The fourth-order valence-electron chi connectivity index (χ4n) is 6.86. The van der Waals surface area contributed by atoms with Crippen molar-refractivity contribution >= 4 is 6.09 Å². The summed E-state index contributed by atoms with van der Waals surface area (Å²) in [5.74, 6) is 0.993. The number of amides is 1. The number of hydrogen-bond acceptors (Lipinski definition) is 3. The summed E-state index contributed by atoms with van der Waals surface area (Å²) in [5, 5.41) is 20.1. The van der Waals surface area contributed by atoms with Crippen molar-refractivity contribution in [3.05, 3.63) is 42.4 Å². The summed E-state index contributed by atoms with van der Waals surface area (Å²) in [6, 6.07) is 8.92. The summed E-state index contributed by atoms with van der Waals surface area (Å²) in [6.45, 7) is 0.483. The van der Waals surface area contributed by atoms with Crippen molar-refractivity contribution in [3.63, 3.8) is 0 Å². The first-order valence-electron chi connectivity index (χ1n) is 9.89. The van der Waals surface area contributed by atoms with Crippen molar-refractivity contribution in [1.82, 2.24) is 14.5 Å². The van der Waals surface area contributed by atoms with Crippen molar-refractivity contribution in [3.8, 4) is 11.3 Å². The van der Waals surface area contributed by atoms with Gasteiger partial charge in [-0.25, -0.2) is 9.78 Å². The Labute approximate surface area is 157 Å². The van der Waals surface area contributed by atoms with Crippen molar-refractivity contribution in [2.75, 3.05) is 6.54 Å². The lowest BCUT2D eigenvalue weighted by molar-refractivity contribution is -0.163. The number of hydrogen-bond donors (Lipinski definition) is 2. The van der Waals surface area contributed by atoms with Gasteiger partial charge in [0.25, 0.3) is 0 Å². The normalized spacial score (nSPS) is 38.6. The Morgan fingerprint density at radius 2 is 2.04 bits per heavy atom. The molecule has 3 heterocycles. The number of nitrogens with zero attached hydrogens (tertiary/aromatic N) is 3. The Hall–Kier alpha value is -2.34. The highest BCUT2D eigenvalue weighted by Gasteiger charge is 2.64. The molecule has 2 aromatic rings. The molecule has 140 valence electrons. The second-order valence-corrected chi connectivity index (χ2v) is 8.85. The Kier molecular flexibility index (Phi) is 2.98. The van der Waals surface area contributed by atoms with Crippen molar-refractivity contribution in [2.45, 2.75) is 38.0 Å². The quantitative estimate of drug-likeness (QED) is 0.813. The van der Waals surface area contributed by atoms with E-state index in [-0.39, 0.29) is 11.3 Å². The Bertz CT molecular complexity index is 932. The van der Waals surface area contributed by atoms with E-state index in [1.807, 2.05) is 12.5 Å². The molecule has 2 aliphatic heterocycles. The first-order chi connectivity index (χ1) is 13.1. The molecule has 4 atom stereocenters. The van der Waals surface area contributed by atoms with Crippen LogP contribution >= 0.6 is 0 Å². The van der Waals surface area contributed by atoms with E-state index in [1.165, 1.54) is 21.7 Å². The van der Waals surface area contributed by atoms with Crippen LogP contribution in [0.1, 0.15) is 37.3 Å². The number of likely N-dealkylation sites (tertiary alicyclic amines) is 1. The van der Waals surface area contributed by atoms with Crippen LogP contribution in [0.5, 0.6) is 0 Å². The zero-order valence-corrected chi connectivity index (χ0v) is 15.0. The molecule has 6 nitrogen and oxygen atoms in total. The molecule has 1 amide bonds. The van der Waals surface area contributed by atoms with E-state index in [0.717, 1.165) is 25.7 Å². The predicted molar refractivity (Wildman–Crippen MR) is 97.9 cm³/mol. The van der Waals surface area contributed by atoms with E-state index in [4.69, 9.17) is 0 Å². The molecule has 2 N–H and O–H groups in total. The van der Waals surface area contributed by atoms with Gasteiger partial charge in [0.2, 0.25) is 0 Å². The van der Waals surface area contributed by atoms with E-state index in [0.29, 0.717) is 24.4 Å². The maximum atomic E-state index is 11.5. The van der Waals surface area contributed by atoms with Crippen LogP contribution in [0.3, 0.4) is 0 Å². The summed E-state index contributed by atoms with van der Waals surface area (Å²) >= 11 is 0. The fraction of sp³-hybridized carbons (Fsp3) is 0.524. The molecule has 1 aromatic carbocycles. The first kappa shape index (κ1) is 15.7. The summed E-state index contributed by atoms with van der Waals surface area (Å²) < 4.78 is 2.31. The lowest BCUT2D eigenvalue weighted by Crippen LogP contribution is -2.61. The van der Waals surface area contributed by atoms with Crippen LogP contribution in [0.2, 0.25) is 0 Å². The van der Waals surface area contributed by atoms with Crippen LogP contribution in [0.4, 0.5) is 4.79 Å². The van der Waals surface area contributed by atoms with Gasteiger partial charge in [0, 0.05) is 18.0 Å². The summed E-state index contributed by atoms with van der Waals surface area (Å²) in [7, 11) is 0. The molecule has 6 heteroatoms. The lowest BCUT2D eigenvalue weighted by atomic mass is 9.50. The molecule has 3 unspecified atom stereocenters. The van der Waals surface area contributed by atoms with Gasteiger partial charge >= 0.3 is 6.09 Å². The second kappa shape index (κ2) is 5.13. The van der Waals surface area contributed by atoms with Crippen molar-refractivity contribution in [2.24, 2.45) is 23.2 Å². The minimum absolute atomic E-state index is 0.0857. The minimum atomic E-state index is -0.988. The number of carboxylic acid groups (broad SMARTS) is 1. The number of fused-ring (bicyclic) bond motifs is 3. The SMILES string of the molecule is O=C(O)N1CC2CCC(C1O)C21CC([C@@H]2c3ccccc3-c3cncn32)C1. The number of aromatic nitrogens is 2. The molecule has 6 rings (SSSR count). The van der Waals surface area contributed by atoms with Crippen molar-refractivity contribution in [1.29, 1.82) is 0 Å². The molecule has 2 bridgehead atoms. The summed E-state index contributed by atoms with van der Waals surface area (Å²) in [5.41, 5.74) is 3.98. The van der Waals surface area contributed by atoms with Gasteiger partial charge in [-0.15, -0.1) is 0 Å². The molecule has 1 spiro atoms. The maximum Gasteiger partial charge on any atom is 0.409 e. The van der Waals surface area contributed by atoms with Crippen LogP contribution in [-0.4, -0.2) is 43.5 Å². The number of aliphatic hydroxyl groups is 1. The summed E-state index contributed by atoms with van der Waals surface area (Å²) in [4.78, 5) is 17.1. The number of carbonyl (C=O) groups is 1. The first-order valence-corrected chi connectivity index (χ1v) is 9.89. The van der Waals surface area contributed by atoms with Crippen LogP contribution in [0.15, 0.2) is 36.8 Å². The standard InChI is InChI=1S/C21H23N3O3/c25-19-16-6-5-13(10-23(19)20(26)27)21(16)7-12(8-21)18-15-4-2-1-3-14(15)17-9-22-11-24(17)18/h1-4,9,11-13,16,18-19,25H,5-8,10H2,(H,26,27)/t12?,13?,16?,18-,19?,21?/m1/s1.